The van der Waals surface area contributed by atoms with E-state index >= 15 is 0 Å². The van der Waals surface area contributed by atoms with Crippen molar-refractivity contribution < 1.29 is 39.6 Å². The third-order valence-corrected chi connectivity index (χ3v) is 41.0. The molecule has 21 heteroatoms. The molecule has 16 aliphatic carbocycles. The van der Waals surface area contributed by atoms with E-state index in [2.05, 4.69) is 73.5 Å². The summed E-state index contributed by atoms with van der Waals surface area (Å²) in [5.74, 6) is 17.1. The van der Waals surface area contributed by atoms with Gasteiger partial charge in [-0.3, -0.25) is 28.8 Å². The summed E-state index contributed by atoms with van der Waals surface area (Å²) < 4.78 is 3.61. The van der Waals surface area contributed by atoms with E-state index in [0.717, 1.165) is 187 Å². The second kappa shape index (κ2) is 33.5. The van der Waals surface area contributed by atoms with Crippen LogP contribution in [0.4, 0.5) is 0 Å². The molecular formula is C107H147N13O8. The lowest BCUT2D eigenvalue weighted by Gasteiger charge is -2.56. The zero-order valence-corrected chi connectivity index (χ0v) is 78.0. The van der Waals surface area contributed by atoms with Crippen molar-refractivity contribution in [2.24, 2.45) is 164 Å². The molecule has 0 amide bonds. The zero-order valence-electron chi connectivity index (χ0n) is 78.0. The van der Waals surface area contributed by atoms with E-state index in [4.69, 9.17) is 0 Å². The molecule has 8 aromatic rings. The van der Waals surface area contributed by atoms with Crippen LogP contribution in [0.3, 0.4) is 0 Å². The Hall–Kier alpha value is -7.07. The number of Topliss-reactive ketones (excluding diaryl/α,β-unsaturated/α-hetero) is 4. The number of fused-ring (bicyclic) bond motifs is 24. The van der Waals surface area contributed by atoms with Crippen LogP contribution in [0.5, 0.6) is 0 Å². The van der Waals surface area contributed by atoms with E-state index in [0.29, 0.717) is 95.8 Å². The lowest BCUT2D eigenvalue weighted by atomic mass is 9.49. The first kappa shape index (κ1) is 87.6. The first-order valence-corrected chi connectivity index (χ1v) is 51.4. The highest BCUT2D eigenvalue weighted by atomic mass is 16.3. The maximum Gasteiger partial charge on any atom is 0.201 e. The van der Waals surface area contributed by atoms with Crippen LogP contribution in [0, 0.1) is 164 Å². The van der Waals surface area contributed by atoms with E-state index in [-0.39, 0.29) is 51.9 Å². The summed E-state index contributed by atoms with van der Waals surface area (Å²) in [7, 11) is 0. The maximum absolute atomic E-state index is 13.6. The van der Waals surface area contributed by atoms with Crippen LogP contribution in [-0.4, -0.2) is 131 Å². The molecule has 6 aromatic heterocycles. The van der Waals surface area contributed by atoms with Gasteiger partial charge in [0.05, 0.1) is 40.7 Å². The minimum absolute atomic E-state index is 0.121. The topological polar surface area (TPSA) is 285 Å². The largest absolute Gasteiger partial charge is 0.390 e. The molecule has 16 aliphatic rings. The molecule has 21 nitrogen and oxygen atoms in total. The van der Waals surface area contributed by atoms with E-state index in [1.54, 1.807) is 31.4 Å². The van der Waals surface area contributed by atoms with Crippen molar-refractivity contribution in [3.05, 3.63) is 91.4 Å². The number of carbonyl (C=O) groups excluding carboxylic acids is 4. The molecule has 24 rings (SSSR count). The average Bonchev–Trinajstić information content (AvgIpc) is 1.53. The summed E-state index contributed by atoms with van der Waals surface area (Å²) in [6, 6.07) is 23.4. The number of para-hydroxylation sites is 1. The number of ketones is 4. The van der Waals surface area contributed by atoms with Gasteiger partial charge >= 0.3 is 0 Å². The van der Waals surface area contributed by atoms with Gasteiger partial charge in [-0.05, 0) is 447 Å². The van der Waals surface area contributed by atoms with Crippen molar-refractivity contribution in [2.75, 3.05) is 0 Å². The number of hydrogen-bond acceptors (Lipinski definition) is 17. The fraction of sp³-hybridized carbons (Fsp3) is 0.748. The highest BCUT2D eigenvalue weighted by Crippen LogP contribution is 2.70. The van der Waals surface area contributed by atoms with Crippen molar-refractivity contribution >= 4 is 67.4 Å². The molecule has 0 radical (unpaired) electrons. The Labute approximate surface area is 757 Å². The Morgan fingerprint density at radius 1 is 0.312 bits per heavy atom. The second-order valence-electron chi connectivity index (χ2n) is 48.0. The number of aliphatic hydroxyl groups is 4. The van der Waals surface area contributed by atoms with Gasteiger partial charge in [0.1, 0.15) is 52.7 Å². The van der Waals surface area contributed by atoms with Crippen molar-refractivity contribution in [3.63, 3.8) is 0 Å². The quantitative estimate of drug-likeness (QED) is 0.0884. The molecule has 0 spiro atoms. The summed E-state index contributed by atoms with van der Waals surface area (Å²) in [5.41, 5.74) is 5.36. The van der Waals surface area contributed by atoms with E-state index < -0.39 is 22.4 Å². The SMILES string of the molecule is C[C@@]1(O)CC[C@H]2[C@H](CC[C@@H]3[C@@H]2CC[C@]2(C)[C@@H](C(=O)Cn4cc5ncccc5n4)CC[C@@H]32)C1.C[C@@]1(O)CC[C@H]2[C@H](CC[C@@H]3[C@@H]2CC[C@]2(C)[C@@H](C(=O)Cn4nc5ccccc5n4)CC[C@@H]32)C1.C[C@@]1(O)CC[C@H]2[C@H](CC[C@@H]3[C@@H]2CC[C@]2(C)[C@@H](C(=O)Cn4nc5cccnc5n4)CC[C@@H]32)C1.C[C@@]1(O)CC[C@H]2[C@H](CC[C@@H]3[C@@H]2CC[C@]2(C)[C@@H](C(=O)Cn4nnc5ccccc54)CC[C@@H]32)C1. The fourth-order valence-electron chi connectivity index (χ4n) is 35.3. The van der Waals surface area contributed by atoms with E-state index in [1.165, 1.54) is 154 Å². The summed E-state index contributed by atoms with van der Waals surface area (Å²) >= 11 is 0. The average molecular weight is 1740 g/mol. The van der Waals surface area contributed by atoms with Gasteiger partial charge in [-0.1, -0.05) is 57.2 Å². The number of carbonyl (C=O) groups is 4. The van der Waals surface area contributed by atoms with Crippen molar-refractivity contribution in [1.29, 1.82) is 0 Å². The predicted molar refractivity (Wildman–Crippen MR) is 493 cm³/mol. The zero-order chi connectivity index (χ0) is 88.3. The van der Waals surface area contributed by atoms with Gasteiger partial charge in [0.2, 0.25) is 5.65 Å². The van der Waals surface area contributed by atoms with Crippen LogP contribution < -0.4 is 0 Å². The summed E-state index contributed by atoms with van der Waals surface area (Å²) in [5, 5.41) is 73.5. The molecule has 2 aromatic carbocycles. The Kier molecular flexibility index (Phi) is 22.9. The van der Waals surface area contributed by atoms with Gasteiger partial charge in [-0.25, -0.2) is 9.67 Å². The molecule has 0 saturated heterocycles. The number of rotatable bonds is 12. The van der Waals surface area contributed by atoms with Crippen molar-refractivity contribution in [2.45, 2.75) is 335 Å². The Morgan fingerprint density at radius 2 is 0.641 bits per heavy atom. The van der Waals surface area contributed by atoms with Crippen LogP contribution in [-0.2, 0) is 45.4 Å². The molecule has 16 fully saturated rings. The third kappa shape index (κ3) is 16.0. The highest BCUT2D eigenvalue weighted by Gasteiger charge is 2.64. The minimum Gasteiger partial charge on any atom is -0.390 e. The molecule has 0 unspecified atom stereocenters. The normalized spacial score (nSPS) is 43.5. The van der Waals surface area contributed by atoms with Gasteiger partial charge in [-0.15, -0.1) is 10.2 Å². The molecule has 0 bridgehead atoms. The smallest absolute Gasteiger partial charge is 0.201 e. The molecule has 4 N–H and O–H groups in total. The van der Waals surface area contributed by atoms with Crippen LogP contribution in [0.25, 0.3) is 44.3 Å². The van der Waals surface area contributed by atoms with E-state index in [9.17, 15) is 39.6 Å². The number of pyridine rings is 2. The lowest BCUT2D eigenvalue weighted by molar-refractivity contribution is -0.133. The van der Waals surface area contributed by atoms with Crippen molar-refractivity contribution in [3.8, 4) is 0 Å². The van der Waals surface area contributed by atoms with Crippen LogP contribution in [0.1, 0.15) is 287 Å². The second-order valence-corrected chi connectivity index (χ2v) is 48.0. The Balaban J connectivity index is 0.000000104. The Bertz CT molecular complexity index is 4930. The molecule has 688 valence electrons. The molecular weight excluding hydrogens is 1600 g/mol. The molecule has 128 heavy (non-hydrogen) atoms. The Morgan fingerprint density at radius 3 is 1.04 bits per heavy atom. The van der Waals surface area contributed by atoms with Gasteiger partial charge in [0.25, 0.3) is 0 Å². The molecule has 6 heterocycles. The first-order valence-electron chi connectivity index (χ1n) is 51.4. The van der Waals surface area contributed by atoms with Gasteiger partial charge in [0.15, 0.2) is 23.1 Å². The first-order chi connectivity index (χ1) is 61.4. The maximum atomic E-state index is 13.6. The van der Waals surface area contributed by atoms with Crippen LogP contribution in [0.15, 0.2) is 91.4 Å². The van der Waals surface area contributed by atoms with Crippen molar-refractivity contribution in [1.82, 2.24) is 64.7 Å². The van der Waals surface area contributed by atoms with Crippen LogP contribution in [0.2, 0.25) is 0 Å². The monoisotopic (exact) mass is 1740 g/mol. The number of benzene rings is 2. The van der Waals surface area contributed by atoms with Gasteiger partial charge < -0.3 is 20.4 Å². The van der Waals surface area contributed by atoms with E-state index in [1.807, 2.05) is 107 Å². The summed E-state index contributed by atoms with van der Waals surface area (Å²) in [4.78, 5) is 65.8. The number of aromatic nitrogens is 13. The third-order valence-electron chi connectivity index (χ3n) is 41.0. The molecule has 32 atom stereocenters. The summed E-state index contributed by atoms with van der Waals surface area (Å²) in [6.07, 6.45) is 47.1. The minimum atomic E-state index is -0.455. The standard InChI is InChI=1S/3C27H37N3O2.C26H36N4O2/c1-26(32)11-9-18-17(14-26)5-6-20-19(18)10-12-27(2)21(20)7-8-22(27)25(31)16-30-15-24-23(29-30)4-3-13-28-24;1-26(32)13-11-18-17(15-26)7-8-20-19(18)12-14-27(2)21(20)9-10-22(27)25(31)16-30-24-6-4-3-5-23(24)28-29-30;1-26(32)13-11-18-17(15-26)7-8-20-19(18)12-14-27(2)21(20)9-10-22(27)25(31)16-30-28-23-5-3-4-6-24(23)29-30;1-25(32)11-9-17-16(14-25)5-6-19-18(17)10-12-26(2)20(19)7-8-21(26)23(31)15-30-28-22-4-3-13-27-24(22)29-30/h3-4,13,15,17-22,32H,5-12,14,16H2,1-2H3;2*3-6,17-22,32H,7-16H2,1-2H3;3-4,13,16-21,32H,5-12,14-15H2,1-2H3/t3*17-,18+,19-,20-,21+,22-,26-,27+;16-,17+,18-,19-,20+,21-,25-,26+/m1111/s1. The predicted octanol–water partition coefficient (Wildman–Crippen LogP) is 19.5. The number of hydrogen-bond donors (Lipinski definition) is 4. The number of nitrogens with zero attached hydrogens (tertiary/aromatic N) is 13. The molecule has 16 saturated carbocycles. The molecule has 0 aliphatic heterocycles. The van der Waals surface area contributed by atoms with Gasteiger partial charge in [-0.2, -0.15) is 30.0 Å². The van der Waals surface area contributed by atoms with Gasteiger partial charge in [0, 0.05) is 36.1 Å². The fourth-order valence-corrected chi connectivity index (χ4v) is 35.3. The lowest BCUT2D eigenvalue weighted by Crippen LogP contribution is -2.51. The highest BCUT2D eigenvalue weighted by molar-refractivity contribution is 5.86. The summed E-state index contributed by atoms with van der Waals surface area (Å²) in [6.45, 7) is 19.1. The van der Waals surface area contributed by atoms with Crippen LogP contribution >= 0.6 is 0 Å².